The van der Waals surface area contributed by atoms with Gasteiger partial charge in [0.1, 0.15) is 0 Å². The summed E-state index contributed by atoms with van der Waals surface area (Å²) < 4.78 is 12.9. The molecule has 3 nitrogen and oxygen atoms in total. The lowest BCUT2D eigenvalue weighted by Crippen LogP contribution is -2.30. The van der Waals surface area contributed by atoms with E-state index < -0.39 is 10.8 Å². The van der Waals surface area contributed by atoms with Crippen LogP contribution in [0, 0.1) is 0 Å². The molecule has 90 valence electrons. The molecule has 0 fully saturated rings. The summed E-state index contributed by atoms with van der Waals surface area (Å²) in [7, 11) is -0.765. The Labute approximate surface area is 115 Å². The first kappa shape index (κ1) is 14.3. The highest BCUT2D eigenvalue weighted by atomic mass is 79.9. The normalized spacial score (nSPS) is 14.8. The smallest absolute Gasteiger partial charge is 0.0684 e. The zero-order valence-electron chi connectivity index (χ0n) is 9.17. The second-order valence-electron chi connectivity index (χ2n) is 3.60. The number of halogens is 2. The van der Waals surface area contributed by atoms with E-state index in [2.05, 4.69) is 42.2 Å². The second kappa shape index (κ2) is 6.83. The number of hydrogen-bond acceptors (Lipinski definition) is 3. The van der Waals surface area contributed by atoms with Crippen LogP contribution in [0.2, 0.25) is 0 Å². The van der Waals surface area contributed by atoms with Gasteiger partial charge in [0.15, 0.2) is 0 Å². The van der Waals surface area contributed by atoms with Crippen molar-refractivity contribution in [3.63, 3.8) is 0 Å². The Hall–Kier alpha value is 0.220. The summed E-state index contributed by atoms with van der Waals surface area (Å²) in [5.41, 5.74) is 0.955. The van der Waals surface area contributed by atoms with Gasteiger partial charge in [0.05, 0.1) is 5.69 Å². The highest BCUT2D eigenvalue weighted by molar-refractivity contribution is 9.11. The van der Waals surface area contributed by atoms with E-state index in [4.69, 9.17) is 0 Å². The van der Waals surface area contributed by atoms with Crippen LogP contribution in [-0.4, -0.2) is 27.2 Å². The van der Waals surface area contributed by atoms with Gasteiger partial charge in [-0.15, -0.1) is 0 Å². The van der Waals surface area contributed by atoms with Crippen molar-refractivity contribution in [2.75, 3.05) is 12.0 Å². The van der Waals surface area contributed by atoms with Crippen molar-refractivity contribution in [3.05, 3.63) is 26.9 Å². The summed E-state index contributed by atoms with van der Waals surface area (Å²) in [5, 5.41) is 3.29. The lowest BCUT2D eigenvalue weighted by atomic mass is 10.3. The average Bonchev–Trinajstić information content (AvgIpc) is 2.15. The molecular formula is C10H14Br2N2OS. The van der Waals surface area contributed by atoms with E-state index in [9.17, 15) is 4.21 Å². The first-order valence-electron chi connectivity index (χ1n) is 4.82. The molecule has 0 radical (unpaired) electrons. The predicted molar refractivity (Wildman–Crippen MR) is 74.9 cm³/mol. The molecule has 0 saturated carbocycles. The van der Waals surface area contributed by atoms with Gasteiger partial charge in [-0.2, -0.15) is 0 Å². The fourth-order valence-corrected chi connectivity index (χ4v) is 3.20. The molecule has 6 heteroatoms. The maximum Gasteiger partial charge on any atom is 0.0684 e. The van der Waals surface area contributed by atoms with Gasteiger partial charge in [0, 0.05) is 50.5 Å². The van der Waals surface area contributed by atoms with Gasteiger partial charge in [0.2, 0.25) is 0 Å². The summed E-state index contributed by atoms with van der Waals surface area (Å²) in [6, 6.07) is 2.19. The molecule has 1 heterocycles. The van der Waals surface area contributed by atoms with E-state index in [1.54, 1.807) is 12.5 Å². The van der Waals surface area contributed by atoms with Gasteiger partial charge in [0.25, 0.3) is 0 Å². The number of hydrogen-bond donors (Lipinski definition) is 1. The zero-order chi connectivity index (χ0) is 12.1. The van der Waals surface area contributed by atoms with Crippen LogP contribution in [0.5, 0.6) is 0 Å². The summed E-state index contributed by atoms with van der Waals surface area (Å²) in [4.78, 5) is 4.30. The van der Waals surface area contributed by atoms with Crippen LogP contribution in [0.1, 0.15) is 12.6 Å². The first-order chi connectivity index (χ1) is 7.49. The maximum atomic E-state index is 11.0. The Balaban J connectivity index is 2.51. The lowest BCUT2D eigenvalue weighted by Gasteiger charge is -2.12. The van der Waals surface area contributed by atoms with Gasteiger partial charge >= 0.3 is 0 Å². The molecule has 16 heavy (non-hydrogen) atoms. The van der Waals surface area contributed by atoms with Crippen molar-refractivity contribution in [1.29, 1.82) is 0 Å². The molecule has 1 aromatic heterocycles. The minimum atomic E-state index is -0.765. The van der Waals surface area contributed by atoms with Crippen LogP contribution in [0.15, 0.2) is 21.2 Å². The molecule has 2 atom stereocenters. The minimum absolute atomic E-state index is 0.225. The average molecular weight is 370 g/mol. The molecular weight excluding hydrogens is 356 g/mol. The third-order valence-corrected chi connectivity index (χ3v) is 4.08. The Morgan fingerprint density at radius 1 is 1.56 bits per heavy atom. The van der Waals surface area contributed by atoms with Crippen LogP contribution in [0.4, 0.5) is 0 Å². The molecule has 1 N–H and O–H groups in total. The summed E-state index contributed by atoms with van der Waals surface area (Å²) in [6.07, 6.45) is 3.48. The van der Waals surface area contributed by atoms with Crippen molar-refractivity contribution >= 4 is 42.7 Å². The fraction of sp³-hybridized carbons (Fsp3) is 0.500. The third-order valence-electron chi connectivity index (χ3n) is 1.99. The first-order valence-corrected chi connectivity index (χ1v) is 8.13. The quantitative estimate of drug-likeness (QED) is 0.866. The minimum Gasteiger partial charge on any atom is -0.308 e. The van der Waals surface area contributed by atoms with E-state index in [0.717, 1.165) is 14.6 Å². The van der Waals surface area contributed by atoms with Crippen LogP contribution >= 0.6 is 31.9 Å². The van der Waals surface area contributed by atoms with E-state index in [1.165, 1.54) is 0 Å². The van der Waals surface area contributed by atoms with Gasteiger partial charge in [-0.05, 0) is 44.8 Å². The Morgan fingerprint density at radius 3 is 2.81 bits per heavy atom. The van der Waals surface area contributed by atoms with Crippen LogP contribution in [-0.2, 0) is 17.3 Å². The summed E-state index contributed by atoms with van der Waals surface area (Å²) >= 11 is 6.81. The van der Waals surface area contributed by atoms with E-state index >= 15 is 0 Å². The highest BCUT2D eigenvalue weighted by Crippen LogP contribution is 2.19. The molecule has 0 saturated heterocycles. The number of nitrogens with zero attached hydrogens (tertiary/aromatic N) is 1. The van der Waals surface area contributed by atoms with Crippen molar-refractivity contribution in [2.24, 2.45) is 0 Å². The highest BCUT2D eigenvalue weighted by Gasteiger charge is 2.06. The van der Waals surface area contributed by atoms with E-state index in [0.29, 0.717) is 12.3 Å². The second-order valence-corrected chi connectivity index (χ2v) is 6.85. The maximum absolute atomic E-state index is 11.0. The van der Waals surface area contributed by atoms with Gasteiger partial charge in [-0.3, -0.25) is 9.19 Å². The Morgan fingerprint density at radius 2 is 2.25 bits per heavy atom. The molecule has 0 aliphatic carbocycles. The van der Waals surface area contributed by atoms with Crippen LogP contribution in [0.25, 0.3) is 0 Å². The number of nitrogens with one attached hydrogen (secondary N) is 1. The largest absolute Gasteiger partial charge is 0.308 e. The molecule has 1 aromatic rings. The van der Waals surface area contributed by atoms with E-state index in [-0.39, 0.29) is 6.04 Å². The van der Waals surface area contributed by atoms with Crippen molar-refractivity contribution in [3.8, 4) is 0 Å². The lowest BCUT2D eigenvalue weighted by molar-refractivity contribution is 0.579. The monoisotopic (exact) mass is 368 g/mol. The molecule has 0 aromatic carbocycles. The summed E-state index contributed by atoms with van der Waals surface area (Å²) in [6.45, 7) is 2.69. The van der Waals surface area contributed by atoms with Crippen LogP contribution in [0.3, 0.4) is 0 Å². The molecule has 0 spiro atoms. The molecule has 2 unspecified atom stereocenters. The predicted octanol–water partition coefficient (Wildman–Crippen LogP) is 2.46. The number of aromatic nitrogens is 1. The Kier molecular flexibility index (Phi) is 6.10. The number of pyridine rings is 1. The standard InChI is InChI=1S/C10H14Br2N2OS/c1-7(6-16(2)15)13-5-10-9(12)3-8(11)4-14-10/h3-4,7,13H,5-6H2,1-2H3. The van der Waals surface area contributed by atoms with Gasteiger partial charge in [-0.1, -0.05) is 0 Å². The number of rotatable bonds is 5. The summed E-state index contributed by atoms with van der Waals surface area (Å²) in [5.74, 6) is 0.661. The Bertz CT molecular complexity index is 387. The SMILES string of the molecule is CC(CS(C)=O)NCc1ncc(Br)cc1Br. The zero-order valence-corrected chi connectivity index (χ0v) is 13.2. The molecule has 0 aliphatic heterocycles. The van der Waals surface area contributed by atoms with E-state index in [1.807, 2.05) is 13.0 Å². The molecule has 1 rings (SSSR count). The molecule has 0 amide bonds. The van der Waals surface area contributed by atoms with Crippen molar-refractivity contribution in [2.45, 2.75) is 19.5 Å². The molecule has 0 aliphatic rings. The molecule has 0 bridgehead atoms. The topological polar surface area (TPSA) is 42.0 Å². The fourth-order valence-electron chi connectivity index (χ4n) is 1.25. The van der Waals surface area contributed by atoms with Crippen molar-refractivity contribution in [1.82, 2.24) is 10.3 Å². The van der Waals surface area contributed by atoms with Crippen LogP contribution < -0.4 is 5.32 Å². The van der Waals surface area contributed by atoms with Gasteiger partial charge < -0.3 is 5.32 Å². The van der Waals surface area contributed by atoms with Crippen molar-refractivity contribution < 1.29 is 4.21 Å². The van der Waals surface area contributed by atoms with Gasteiger partial charge in [-0.25, -0.2) is 0 Å². The third kappa shape index (κ3) is 5.03.